The van der Waals surface area contributed by atoms with E-state index in [4.69, 9.17) is 0 Å². The lowest BCUT2D eigenvalue weighted by atomic mass is 10.1. The van der Waals surface area contributed by atoms with Crippen LogP contribution in [-0.2, 0) is 0 Å². The van der Waals surface area contributed by atoms with Gasteiger partial charge in [0, 0.05) is 0 Å². The van der Waals surface area contributed by atoms with Gasteiger partial charge in [0.05, 0.1) is 29.9 Å². The summed E-state index contributed by atoms with van der Waals surface area (Å²) in [7, 11) is 0. The fourth-order valence-electron chi connectivity index (χ4n) is 2.73. The molecule has 0 aliphatic heterocycles. The van der Waals surface area contributed by atoms with Crippen LogP contribution in [0.2, 0.25) is 0 Å². The molecular formula is C16H35Br2IN+. The largest absolute Gasteiger partial charge is 0.324 e. The summed E-state index contributed by atoms with van der Waals surface area (Å²) in [5, 5.41) is 0. The van der Waals surface area contributed by atoms with Crippen molar-refractivity contribution in [3.63, 3.8) is 0 Å². The van der Waals surface area contributed by atoms with Gasteiger partial charge >= 0.3 is 0 Å². The zero-order chi connectivity index (χ0) is 14.6. The standard InChI is InChI=1S/C16H34Br2N.HI/c1-4-7-12-19(13-8-5-2,14-9-6-3)15-10-11-16(17)18;/h16H,4-15H2,1-3H3;1H/q+1;. The summed E-state index contributed by atoms with van der Waals surface area (Å²) in [6.45, 7) is 12.5. The molecule has 0 unspecified atom stereocenters. The van der Waals surface area contributed by atoms with Gasteiger partial charge in [-0.1, -0.05) is 71.9 Å². The van der Waals surface area contributed by atoms with Crippen LogP contribution < -0.4 is 0 Å². The molecule has 0 atom stereocenters. The highest BCUT2D eigenvalue weighted by Crippen LogP contribution is 2.20. The number of hydrogen-bond donors (Lipinski definition) is 0. The topological polar surface area (TPSA) is 0 Å². The molecule has 0 radical (unpaired) electrons. The Bertz CT molecular complexity index is 179. The van der Waals surface area contributed by atoms with Gasteiger partial charge in [0.15, 0.2) is 0 Å². The summed E-state index contributed by atoms with van der Waals surface area (Å²) in [6, 6.07) is 0. The van der Waals surface area contributed by atoms with Crippen molar-refractivity contribution in [2.75, 3.05) is 26.2 Å². The van der Waals surface area contributed by atoms with Crippen LogP contribution in [0.4, 0.5) is 0 Å². The normalized spacial score (nSPS) is 11.7. The second kappa shape index (κ2) is 15.5. The van der Waals surface area contributed by atoms with Gasteiger partial charge in [0.1, 0.15) is 0 Å². The van der Waals surface area contributed by atoms with Crippen molar-refractivity contribution >= 4 is 55.8 Å². The van der Waals surface area contributed by atoms with Crippen LogP contribution >= 0.6 is 55.8 Å². The number of quaternary nitrogens is 1. The molecule has 0 fully saturated rings. The Balaban J connectivity index is 0. The first-order chi connectivity index (χ1) is 9.10. The summed E-state index contributed by atoms with van der Waals surface area (Å²) < 4.78 is 1.87. The molecular weight excluding hydrogens is 493 g/mol. The average molecular weight is 528 g/mol. The molecule has 124 valence electrons. The molecule has 20 heavy (non-hydrogen) atoms. The minimum atomic E-state index is 0. The van der Waals surface area contributed by atoms with Crippen molar-refractivity contribution in [1.29, 1.82) is 0 Å². The maximum absolute atomic E-state index is 3.61. The van der Waals surface area contributed by atoms with Crippen molar-refractivity contribution in [3.05, 3.63) is 0 Å². The van der Waals surface area contributed by atoms with Gasteiger partial charge in [0.25, 0.3) is 0 Å². The van der Waals surface area contributed by atoms with Gasteiger partial charge in [0.2, 0.25) is 0 Å². The van der Waals surface area contributed by atoms with Crippen LogP contribution in [0.15, 0.2) is 0 Å². The monoisotopic (exact) mass is 526 g/mol. The molecule has 0 N–H and O–H groups in total. The van der Waals surface area contributed by atoms with E-state index in [1.165, 1.54) is 82.0 Å². The van der Waals surface area contributed by atoms with Crippen LogP contribution in [0.5, 0.6) is 0 Å². The summed E-state index contributed by atoms with van der Waals surface area (Å²) in [5.41, 5.74) is 0. The smallest absolute Gasteiger partial charge is 0.0787 e. The van der Waals surface area contributed by atoms with Crippen LogP contribution in [0.3, 0.4) is 0 Å². The summed E-state index contributed by atoms with van der Waals surface area (Å²) in [4.78, 5) is 0. The average Bonchev–Trinajstić information content (AvgIpc) is 2.39. The number of nitrogens with zero attached hydrogens (tertiary/aromatic N) is 1. The Morgan fingerprint density at radius 3 is 1.35 bits per heavy atom. The molecule has 0 aliphatic rings. The van der Waals surface area contributed by atoms with E-state index >= 15 is 0 Å². The Morgan fingerprint density at radius 1 is 0.700 bits per heavy atom. The SMILES string of the molecule is CCCC[N+](CCCC)(CCCC)CCCC(Br)Br.I. The first kappa shape index (κ1) is 23.9. The molecule has 0 rings (SSSR count). The third-order valence-electron chi connectivity index (χ3n) is 4.01. The van der Waals surface area contributed by atoms with Gasteiger partial charge in [-0.2, -0.15) is 0 Å². The molecule has 0 heterocycles. The lowest BCUT2D eigenvalue weighted by Gasteiger charge is -2.39. The van der Waals surface area contributed by atoms with E-state index in [-0.39, 0.29) is 24.0 Å². The second-order valence-electron chi connectivity index (χ2n) is 5.83. The van der Waals surface area contributed by atoms with Gasteiger partial charge in [-0.05, 0) is 32.1 Å². The van der Waals surface area contributed by atoms with Gasteiger partial charge < -0.3 is 4.48 Å². The highest BCUT2D eigenvalue weighted by atomic mass is 127. The molecule has 1 nitrogen and oxygen atoms in total. The fourth-order valence-corrected chi connectivity index (χ4v) is 3.38. The van der Waals surface area contributed by atoms with E-state index < -0.39 is 0 Å². The summed E-state index contributed by atoms with van der Waals surface area (Å²) in [5.74, 6) is 0. The summed E-state index contributed by atoms with van der Waals surface area (Å²) in [6.07, 6.45) is 10.7. The lowest BCUT2D eigenvalue weighted by Crippen LogP contribution is -2.50. The predicted octanol–water partition coefficient (Wildman–Crippen LogP) is 6.72. The maximum Gasteiger partial charge on any atom is 0.0787 e. The molecule has 0 aromatic heterocycles. The zero-order valence-corrected chi connectivity index (χ0v) is 19.2. The Morgan fingerprint density at radius 2 is 1.05 bits per heavy atom. The number of halogens is 3. The highest BCUT2D eigenvalue weighted by Gasteiger charge is 2.25. The first-order valence-corrected chi connectivity index (χ1v) is 10.1. The lowest BCUT2D eigenvalue weighted by molar-refractivity contribution is -0.929. The predicted molar refractivity (Wildman–Crippen MR) is 111 cm³/mol. The van der Waals surface area contributed by atoms with Crippen molar-refractivity contribution in [3.8, 4) is 0 Å². The molecule has 0 spiro atoms. The highest BCUT2D eigenvalue weighted by molar-refractivity contribution is 14.0. The number of unbranched alkanes of at least 4 members (excludes halogenated alkanes) is 3. The molecule has 0 saturated carbocycles. The number of alkyl halides is 2. The van der Waals surface area contributed by atoms with Crippen LogP contribution in [-0.4, -0.2) is 34.4 Å². The minimum absolute atomic E-state index is 0. The third-order valence-corrected chi connectivity index (χ3v) is 4.93. The van der Waals surface area contributed by atoms with Crippen LogP contribution in [0.25, 0.3) is 0 Å². The van der Waals surface area contributed by atoms with E-state index in [0.717, 1.165) is 0 Å². The Hall–Kier alpha value is 1.65. The molecule has 0 amide bonds. The van der Waals surface area contributed by atoms with Crippen molar-refractivity contribution < 1.29 is 4.48 Å². The Kier molecular flexibility index (Phi) is 18.6. The fraction of sp³-hybridized carbons (Fsp3) is 1.00. The third kappa shape index (κ3) is 12.2. The maximum atomic E-state index is 3.61. The van der Waals surface area contributed by atoms with E-state index in [0.29, 0.717) is 3.74 Å². The van der Waals surface area contributed by atoms with E-state index in [1.54, 1.807) is 0 Å². The van der Waals surface area contributed by atoms with Gasteiger partial charge in [-0.15, -0.1) is 24.0 Å². The Labute approximate surface area is 161 Å². The summed E-state index contributed by atoms with van der Waals surface area (Å²) >= 11 is 7.22. The van der Waals surface area contributed by atoms with Crippen molar-refractivity contribution in [2.45, 2.75) is 75.9 Å². The van der Waals surface area contributed by atoms with Gasteiger partial charge in [-0.25, -0.2) is 0 Å². The molecule has 0 bridgehead atoms. The van der Waals surface area contributed by atoms with E-state index in [1.807, 2.05) is 0 Å². The molecule has 0 saturated heterocycles. The molecule has 0 aromatic rings. The molecule has 0 aromatic carbocycles. The second-order valence-corrected chi connectivity index (χ2v) is 9.27. The van der Waals surface area contributed by atoms with Gasteiger partial charge in [-0.3, -0.25) is 0 Å². The minimum Gasteiger partial charge on any atom is -0.324 e. The van der Waals surface area contributed by atoms with E-state index in [9.17, 15) is 0 Å². The first-order valence-electron chi connectivity index (χ1n) is 8.23. The zero-order valence-electron chi connectivity index (χ0n) is 13.7. The molecule has 0 aliphatic carbocycles. The number of hydrogen-bond acceptors (Lipinski definition) is 0. The van der Waals surface area contributed by atoms with Crippen molar-refractivity contribution in [2.24, 2.45) is 0 Å². The molecule has 4 heteroatoms. The van der Waals surface area contributed by atoms with Crippen LogP contribution in [0.1, 0.15) is 72.1 Å². The van der Waals surface area contributed by atoms with Crippen molar-refractivity contribution in [1.82, 2.24) is 0 Å². The quantitative estimate of drug-likeness (QED) is 0.142. The van der Waals surface area contributed by atoms with Crippen LogP contribution in [0, 0.1) is 0 Å². The number of rotatable bonds is 13. The van der Waals surface area contributed by atoms with E-state index in [2.05, 4.69) is 52.6 Å².